The van der Waals surface area contributed by atoms with Crippen molar-refractivity contribution in [3.8, 4) is 0 Å². The molecule has 0 bridgehead atoms. The molecule has 0 rings (SSSR count). The van der Waals surface area contributed by atoms with Crippen molar-refractivity contribution in [2.75, 3.05) is 0 Å². The van der Waals surface area contributed by atoms with E-state index in [0.717, 1.165) is 0 Å². The SMILES string of the molecule is CC(NC(=O)[O-])C(O)C(O)C(C)NC(=O)[O-]. The molecule has 2 amide bonds. The minimum atomic E-state index is -1.60. The lowest BCUT2D eigenvalue weighted by Crippen LogP contribution is -2.57. The summed E-state index contributed by atoms with van der Waals surface area (Å²) in [7, 11) is 0. The Kier molecular flexibility index (Phi) is 5.54. The van der Waals surface area contributed by atoms with Crippen LogP contribution in [-0.2, 0) is 0 Å². The summed E-state index contributed by atoms with van der Waals surface area (Å²) in [5.74, 6) is 0. The van der Waals surface area contributed by atoms with Crippen LogP contribution in [0.5, 0.6) is 0 Å². The van der Waals surface area contributed by atoms with Crippen molar-refractivity contribution in [1.82, 2.24) is 10.6 Å². The number of hydrogen-bond donors (Lipinski definition) is 4. The Morgan fingerprint density at radius 3 is 1.38 bits per heavy atom. The number of carboxylic acid groups (broad SMARTS) is 2. The summed E-state index contributed by atoms with van der Waals surface area (Å²) in [6.07, 6.45) is -6.14. The van der Waals surface area contributed by atoms with Crippen LogP contribution >= 0.6 is 0 Å². The highest BCUT2D eigenvalue weighted by molar-refractivity contribution is 5.62. The van der Waals surface area contributed by atoms with Crippen LogP contribution < -0.4 is 20.8 Å². The molecule has 0 aromatic heterocycles. The van der Waals surface area contributed by atoms with Crippen LogP contribution in [0.25, 0.3) is 0 Å². The van der Waals surface area contributed by atoms with Crippen molar-refractivity contribution in [1.29, 1.82) is 0 Å². The standard InChI is InChI=1S/C8H16N2O6/c1-3(9-7(13)14)5(11)6(12)4(2)10-8(15)16/h3-6,9-12H,1-2H3,(H,13,14)(H,15,16)/p-2. The van der Waals surface area contributed by atoms with Gasteiger partial charge in [0.2, 0.25) is 0 Å². The van der Waals surface area contributed by atoms with Gasteiger partial charge in [0.15, 0.2) is 0 Å². The highest BCUT2D eigenvalue weighted by atomic mass is 16.4. The van der Waals surface area contributed by atoms with E-state index in [0.29, 0.717) is 0 Å². The Hall–Kier alpha value is -1.54. The first-order valence-electron chi connectivity index (χ1n) is 4.56. The molecule has 0 spiro atoms. The first kappa shape index (κ1) is 14.5. The first-order valence-corrected chi connectivity index (χ1v) is 4.56. The number of hydrogen-bond acceptors (Lipinski definition) is 6. The van der Waals surface area contributed by atoms with Crippen LogP contribution in [0, 0.1) is 0 Å². The monoisotopic (exact) mass is 234 g/mol. The Morgan fingerprint density at radius 2 is 1.19 bits per heavy atom. The fourth-order valence-electron chi connectivity index (χ4n) is 1.13. The van der Waals surface area contributed by atoms with E-state index in [1.807, 2.05) is 10.6 Å². The van der Waals surface area contributed by atoms with Gasteiger partial charge in [-0.05, 0) is 13.8 Å². The summed E-state index contributed by atoms with van der Waals surface area (Å²) >= 11 is 0. The fourth-order valence-corrected chi connectivity index (χ4v) is 1.13. The van der Waals surface area contributed by atoms with Gasteiger partial charge in [-0.3, -0.25) is 0 Å². The van der Waals surface area contributed by atoms with Gasteiger partial charge in [0, 0.05) is 0 Å². The number of nitrogens with one attached hydrogen (secondary N) is 2. The minimum Gasteiger partial charge on any atom is -0.530 e. The number of carbonyl (C=O) groups is 2. The number of carbonyl (C=O) groups excluding carboxylic acids is 2. The molecule has 8 heteroatoms. The van der Waals surface area contributed by atoms with Crippen molar-refractivity contribution in [2.45, 2.75) is 38.1 Å². The van der Waals surface area contributed by atoms with E-state index in [2.05, 4.69) is 0 Å². The first-order chi connectivity index (χ1) is 7.25. The summed E-state index contributed by atoms with van der Waals surface area (Å²) in [5, 5.41) is 42.9. The molecular weight excluding hydrogens is 220 g/mol. The third-order valence-corrected chi connectivity index (χ3v) is 2.07. The molecular formula is C8H14N2O6-2. The lowest BCUT2D eigenvalue weighted by molar-refractivity contribution is -0.254. The number of amides is 2. The molecule has 0 heterocycles. The molecule has 0 saturated heterocycles. The van der Waals surface area contributed by atoms with E-state index < -0.39 is 36.5 Å². The van der Waals surface area contributed by atoms with Gasteiger partial charge in [-0.2, -0.15) is 0 Å². The highest BCUT2D eigenvalue weighted by Gasteiger charge is 2.27. The van der Waals surface area contributed by atoms with E-state index in [4.69, 9.17) is 0 Å². The summed E-state index contributed by atoms with van der Waals surface area (Å²) in [4.78, 5) is 20.3. The van der Waals surface area contributed by atoms with Crippen LogP contribution in [0.4, 0.5) is 9.59 Å². The quantitative estimate of drug-likeness (QED) is 0.386. The summed E-state index contributed by atoms with van der Waals surface area (Å²) < 4.78 is 0. The van der Waals surface area contributed by atoms with Gasteiger partial charge in [-0.25, -0.2) is 0 Å². The zero-order valence-corrected chi connectivity index (χ0v) is 8.84. The van der Waals surface area contributed by atoms with Gasteiger partial charge >= 0.3 is 0 Å². The topological polar surface area (TPSA) is 145 Å². The molecule has 0 aromatic rings. The molecule has 8 nitrogen and oxygen atoms in total. The average Bonchev–Trinajstić information content (AvgIpc) is 2.13. The van der Waals surface area contributed by atoms with Gasteiger partial charge in [0.25, 0.3) is 0 Å². The second-order valence-corrected chi connectivity index (χ2v) is 3.42. The maximum Gasteiger partial charge on any atom is 0.134 e. The molecule has 0 saturated carbocycles. The Bertz CT molecular complexity index is 233. The van der Waals surface area contributed by atoms with Crippen molar-refractivity contribution in [2.24, 2.45) is 0 Å². The molecule has 4 atom stereocenters. The van der Waals surface area contributed by atoms with E-state index in [1.165, 1.54) is 13.8 Å². The zero-order chi connectivity index (χ0) is 12.9. The Balaban J connectivity index is 4.29. The molecule has 0 radical (unpaired) electrons. The smallest absolute Gasteiger partial charge is 0.134 e. The maximum atomic E-state index is 10.1. The van der Waals surface area contributed by atoms with Gasteiger partial charge in [0.05, 0.1) is 12.1 Å². The van der Waals surface area contributed by atoms with Crippen molar-refractivity contribution in [3.05, 3.63) is 0 Å². The molecule has 0 aliphatic rings. The van der Waals surface area contributed by atoms with E-state index in [-0.39, 0.29) is 0 Å². The van der Waals surface area contributed by atoms with E-state index in [1.54, 1.807) is 0 Å². The Morgan fingerprint density at radius 1 is 0.938 bits per heavy atom. The number of rotatable bonds is 5. The van der Waals surface area contributed by atoms with E-state index in [9.17, 15) is 30.0 Å². The lowest BCUT2D eigenvalue weighted by Gasteiger charge is -2.30. The van der Waals surface area contributed by atoms with Crippen molar-refractivity contribution >= 4 is 12.2 Å². The van der Waals surface area contributed by atoms with Crippen LogP contribution in [0.15, 0.2) is 0 Å². The molecule has 16 heavy (non-hydrogen) atoms. The second kappa shape index (κ2) is 6.13. The molecule has 4 unspecified atom stereocenters. The highest BCUT2D eigenvalue weighted by Crippen LogP contribution is 2.04. The Labute approximate surface area is 91.9 Å². The average molecular weight is 234 g/mol. The predicted molar refractivity (Wildman–Crippen MR) is 48.0 cm³/mol. The van der Waals surface area contributed by atoms with Gasteiger partial charge in [0.1, 0.15) is 24.4 Å². The summed E-state index contributed by atoms with van der Waals surface area (Å²) in [6.45, 7) is 2.60. The fraction of sp³-hybridized carbons (Fsp3) is 0.750. The number of aliphatic hydroxyl groups is 2. The molecule has 94 valence electrons. The van der Waals surface area contributed by atoms with Crippen molar-refractivity contribution in [3.63, 3.8) is 0 Å². The van der Waals surface area contributed by atoms with E-state index >= 15 is 0 Å². The maximum absolute atomic E-state index is 10.1. The lowest BCUT2D eigenvalue weighted by atomic mass is 10.0. The van der Waals surface area contributed by atoms with Crippen molar-refractivity contribution < 1.29 is 30.0 Å². The second-order valence-electron chi connectivity index (χ2n) is 3.42. The number of aliphatic hydroxyl groups excluding tert-OH is 2. The van der Waals surface area contributed by atoms with Gasteiger partial charge in [-0.1, -0.05) is 0 Å². The predicted octanol–water partition coefficient (Wildman–Crippen LogP) is -3.65. The van der Waals surface area contributed by atoms with Crippen LogP contribution in [-0.4, -0.2) is 46.7 Å². The summed E-state index contributed by atoms with van der Waals surface area (Å²) in [5.41, 5.74) is 0. The molecule has 0 aromatic carbocycles. The van der Waals surface area contributed by atoms with Gasteiger partial charge < -0.3 is 40.6 Å². The third kappa shape index (κ3) is 4.80. The molecule has 0 fully saturated rings. The minimum absolute atomic E-state index is 0.994. The summed E-state index contributed by atoms with van der Waals surface area (Å²) in [6, 6.07) is -1.99. The molecule has 0 aliphatic carbocycles. The molecule has 4 N–H and O–H groups in total. The largest absolute Gasteiger partial charge is 0.530 e. The van der Waals surface area contributed by atoms with Crippen LogP contribution in [0.2, 0.25) is 0 Å². The zero-order valence-electron chi connectivity index (χ0n) is 8.84. The van der Waals surface area contributed by atoms with Crippen LogP contribution in [0.1, 0.15) is 13.8 Å². The van der Waals surface area contributed by atoms with Gasteiger partial charge in [-0.15, -0.1) is 0 Å². The third-order valence-electron chi connectivity index (χ3n) is 2.07. The normalized spacial score (nSPS) is 18.0. The molecule has 0 aliphatic heterocycles. The van der Waals surface area contributed by atoms with Crippen LogP contribution in [0.3, 0.4) is 0 Å².